The molecule has 1 heterocycles. The summed E-state index contributed by atoms with van der Waals surface area (Å²) in [5.41, 5.74) is 1.69. The van der Waals surface area contributed by atoms with Crippen LogP contribution < -0.4 is 5.32 Å². The van der Waals surface area contributed by atoms with E-state index in [1.807, 2.05) is 42.0 Å². The minimum absolute atomic E-state index is 0.156. The number of aromatic nitrogens is 1. The summed E-state index contributed by atoms with van der Waals surface area (Å²) >= 11 is 9.52. The van der Waals surface area contributed by atoms with E-state index in [1.54, 1.807) is 12.1 Å². The quantitative estimate of drug-likeness (QED) is 0.522. The molecule has 0 saturated heterocycles. The normalized spacial score (nSPS) is 10.8. The van der Waals surface area contributed by atoms with E-state index >= 15 is 0 Å². The Morgan fingerprint density at radius 1 is 1.19 bits per heavy atom. The van der Waals surface area contributed by atoms with Crippen molar-refractivity contribution in [3.05, 3.63) is 63.7 Å². The van der Waals surface area contributed by atoms with Crippen LogP contribution in [0.25, 0.3) is 10.9 Å². The molecule has 5 nitrogen and oxygen atoms in total. The number of fused-ring (bicyclic) bond motifs is 1. The Hall–Kier alpha value is -2.31. The van der Waals surface area contributed by atoms with Gasteiger partial charge in [-0.15, -0.1) is 0 Å². The van der Waals surface area contributed by atoms with Gasteiger partial charge in [-0.3, -0.25) is 4.79 Å². The summed E-state index contributed by atoms with van der Waals surface area (Å²) in [6.45, 7) is 2.39. The van der Waals surface area contributed by atoms with E-state index in [9.17, 15) is 9.59 Å². The Morgan fingerprint density at radius 2 is 2.00 bits per heavy atom. The summed E-state index contributed by atoms with van der Waals surface area (Å²) in [5, 5.41) is 4.13. The molecule has 0 saturated carbocycles. The van der Waals surface area contributed by atoms with Gasteiger partial charge in [-0.2, -0.15) is 0 Å². The average Bonchev–Trinajstić information content (AvgIpc) is 3.02. The molecule has 27 heavy (non-hydrogen) atoms. The molecule has 1 N–H and O–H groups in total. The van der Waals surface area contributed by atoms with Gasteiger partial charge in [0, 0.05) is 27.3 Å². The third-order valence-corrected chi connectivity index (χ3v) is 4.78. The lowest BCUT2D eigenvalue weighted by atomic mass is 10.2. The minimum atomic E-state index is -0.500. The Kier molecular flexibility index (Phi) is 6.19. The van der Waals surface area contributed by atoms with Crippen LogP contribution in [0.1, 0.15) is 23.7 Å². The van der Waals surface area contributed by atoms with Crippen LogP contribution in [0.3, 0.4) is 0 Å². The van der Waals surface area contributed by atoms with E-state index in [0.29, 0.717) is 12.3 Å². The molecule has 0 unspecified atom stereocenters. The van der Waals surface area contributed by atoms with Crippen LogP contribution in [0, 0.1) is 0 Å². The van der Waals surface area contributed by atoms with Crippen molar-refractivity contribution in [2.45, 2.75) is 19.9 Å². The number of carbonyl (C=O) groups excluding carboxylic acids is 2. The molecule has 3 rings (SSSR count). The Bertz CT molecular complexity index is 1000. The van der Waals surface area contributed by atoms with Crippen LogP contribution in [-0.4, -0.2) is 23.1 Å². The lowest BCUT2D eigenvalue weighted by Gasteiger charge is -2.10. The molecule has 0 aliphatic carbocycles. The summed E-state index contributed by atoms with van der Waals surface area (Å²) in [6.07, 6.45) is 2.59. The molecule has 0 radical (unpaired) electrons. The first-order valence-corrected chi connectivity index (χ1v) is 9.66. The number of amides is 1. The van der Waals surface area contributed by atoms with E-state index in [4.69, 9.17) is 16.3 Å². The fraction of sp³-hybridized carbons (Fsp3) is 0.200. The number of hydrogen-bond donors (Lipinski definition) is 1. The molecule has 0 fully saturated rings. The van der Waals surface area contributed by atoms with Crippen molar-refractivity contribution in [2.24, 2.45) is 0 Å². The van der Waals surface area contributed by atoms with Crippen molar-refractivity contribution in [2.75, 3.05) is 11.9 Å². The predicted molar refractivity (Wildman–Crippen MR) is 110 cm³/mol. The molecule has 140 valence electrons. The van der Waals surface area contributed by atoms with Gasteiger partial charge >= 0.3 is 5.97 Å². The lowest BCUT2D eigenvalue weighted by Crippen LogP contribution is -2.18. The molecular formula is C20H18BrClN2O3. The summed E-state index contributed by atoms with van der Waals surface area (Å²) in [7, 11) is 0. The van der Waals surface area contributed by atoms with Crippen LogP contribution in [0.5, 0.6) is 0 Å². The highest BCUT2D eigenvalue weighted by atomic mass is 79.9. The van der Waals surface area contributed by atoms with Crippen LogP contribution in [0.2, 0.25) is 5.02 Å². The Morgan fingerprint density at radius 3 is 2.78 bits per heavy atom. The van der Waals surface area contributed by atoms with Crippen LogP contribution in [0.15, 0.2) is 53.1 Å². The second-order valence-corrected chi connectivity index (χ2v) is 7.35. The van der Waals surface area contributed by atoms with Gasteiger partial charge in [0.2, 0.25) is 5.91 Å². The minimum Gasteiger partial charge on any atom is -0.462 e. The summed E-state index contributed by atoms with van der Waals surface area (Å²) < 4.78 is 7.97. The molecule has 1 amide bonds. The lowest BCUT2D eigenvalue weighted by molar-refractivity contribution is -0.116. The second-order valence-electron chi connectivity index (χ2n) is 6.03. The molecule has 7 heteroatoms. The standard InChI is InChI=1S/C20H18BrClN2O3/c1-2-9-27-20(26)16-11-15(4-5-17(16)22)23-19(25)12-24-8-7-13-10-14(21)3-6-18(13)24/h3-8,10-11H,2,9,12H2,1H3,(H,23,25). The number of halogens is 2. The number of nitrogens with zero attached hydrogens (tertiary/aromatic N) is 1. The van der Waals surface area contributed by atoms with Crippen molar-refractivity contribution >= 4 is 56.0 Å². The first-order chi connectivity index (χ1) is 13.0. The smallest absolute Gasteiger partial charge is 0.339 e. The number of nitrogens with one attached hydrogen (secondary N) is 1. The van der Waals surface area contributed by atoms with E-state index in [-0.39, 0.29) is 23.0 Å². The number of hydrogen-bond acceptors (Lipinski definition) is 3. The summed E-state index contributed by atoms with van der Waals surface area (Å²) in [6, 6.07) is 12.6. The fourth-order valence-corrected chi connectivity index (χ4v) is 3.27. The Balaban J connectivity index is 1.72. The third-order valence-electron chi connectivity index (χ3n) is 3.95. The zero-order valence-electron chi connectivity index (χ0n) is 14.7. The number of benzene rings is 2. The van der Waals surface area contributed by atoms with Gasteiger partial charge in [0.1, 0.15) is 6.54 Å². The molecule has 0 bridgehead atoms. The fourth-order valence-electron chi connectivity index (χ4n) is 2.70. The number of carbonyl (C=O) groups is 2. The molecule has 0 aliphatic rings. The largest absolute Gasteiger partial charge is 0.462 e. The molecule has 2 aromatic carbocycles. The molecule has 1 aromatic heterocycles. The zero-order valence-corrected chi connectivity index (χ0v) is 17.0. The zero-order chi connectivity index (χ0) is 19.4. The van der Waals surface area contributed by atoms with Gasteiger partial charge in [0.15, 0.2) is 0 Å². The van der Waals surface area contributed by atoms with Gasteiger partial charge in [0.25, 0.3) is 0 Å². The van der Waals surface area contributed by atoms with E-state index < -0.39 is 5.97 Å². The van der Waals surface area contributed by atoms with E-state index in [0.717, 1.165) is 21.8 Å². The number of anilines is 1. The van der Waals surface area contributed by atoms with Crippen molar-refractivity contribution in [1.82, 2.24) is 4.57 Å². The maximum atomic E-state index is 12.4. The topological polar surface area (TPSA) is 60.3 Å². The molecule has 3 aromatic rings. The van der Waals surface area contributed by atoms with Gasteiger partial charge in [-0.05, 0) is 48.9 Å². The van der Waals surface area contributed by atoms with E-state index in [2.05, 4.69) is 21.2 Å². The van der Waals surface area contributed by atoms with Crippen molar-refractivity contribution in [3.63, 3.8) is 0 Å². The molecule has 0 atom stereocenters. The number of esters is 1. The van der Waals surface area contributed by atoms with Crippen molar-refractivity contribution < 1.29 is 14.3 Å². The highest BCUT2D eigenvalue weighted by Crippen LogP contribution is 2.23. The highest BCUT2D eigenvalue weighted by molar-refractivity contribution is 9.10. The monoisotopic (exact) mass is 448 g/mol. The van der Waals surface area contributed by atoms with Crippen LogP contribution in [0.4, 0.5) is 5.69 Å². The van der Waals surface area contributed by atoms with Crippen molar-refractivity contribution in [3.8, 4) is 0 Å². The molecule has 0 spiro atoms. The summed E-state index contributed by atoms with van der Waals surface area (Å²) in [4.78, 5) is 24.5. The maximum Gasteiger partial charge on any atom is 0.339 e. The first-order valence-electron chi connectivity index (χ1n) is 8.49. The van der Waals surface area contributed by atoms with Gasteiger partial charge < -0.3 is 14.6 Å². The predicted octanol–water partition coefficient (Wildman–Crippen LogP) is 5.26. The third kappa shape index (κ3) is 4.70. The van der Waals surface area contributed by atoms with Gasteiger partial charge in [0.05, 0.1) is 17.2 Å². The highest BCUT2D eigenvalue weighted by Gasteiger charge is 2.14. The number of ether oxygens (including phenoxy) is 1. The van der Waals surface area contributed by atoms with Crippen molar-refractivity contribution in [1.29, 1.82) is 0 Å². The summed E-state index contributed by atoms with van der Waals surface area (Å²) in [5.74, 6) is -0.703. The van der Waals surface area contributed by atoms with E-state index in [1.165, 1.54) is 6.07 Å². The van der Waals surface area contributed by atoms with Gasteiger partial charge in [-0.1, -0.05) is 34.5 Å². The van der Waals surface area contributed by atoms with Crippen LogP contribution in [-0.2, 0) is 16.1 Å². The first kappa shape index (κ1) is 19.5. The number of rotatable bonds is 6. The molecular weight excluding hydrogens is 432 g/mol. The average molecular weight is 450 g/mol. The maximum absolute atomic E-state index is 12.4. The van der Waals surface area contributed by atoms with Crippen LogP contribution >= 0.6 is 27.5 Å². The SMILES string of the molecule is CCCOC(=O)c1cc(NC(=O)Cn2ccc3cc(Br)ccc32)ccc1Cl. The van der Waals surface area contributed by atoms with Gasteiger partial charge in [-0.25, -0.2) is 4.79 Å². The second kappa shape index (κ2) is 8.59. The Labute approximate surface area is 170 Å². The molecule has 0 aliphatic heterocycles.